The zero-order chi connectivity index (χ0) is 21.4. The molecule has 0 atom stereocenters. The van der Waals surface area contributed by atoms with Crippen LogP contribution >= 0.6 is 11.8 Å². The van der Waals surface area contributed by atoms with Gasteiger partial charge in [-0.2, -0.15) is 0 Å². The summed E-state index contributed by atoms with van der Waals surface area (Å²) < 4.78 is 2.52. The van der Waals surface area contributed by atoms with Gasteiger partial charge in [-0.1, -0.05) is 54.1 Å². The van der Waals surface area contributed by atoms with E-state index in [1.807, 2.05) is 37.3 Å². The Hall–Kier alpha value is -3.19. The fourth-order valence-electron chi connectivity index (χ4n) is 3.43. The summed E-state index contributed by atoms with van der Waals surface area (Å²) in [6, 6.07) is 16.1. The van der Waals surface area contributed by atoms with Gasteiger partial charge in [0.2, 0.25) is 0 Å². The van der Waals surface area contributed by atoms with Crippen LogP contribution in [0.25, 0.3) is 22.4 Å². The zero-order valence-corrected chi connectivity index (χ0v) is 18.2. The van der Waals surface area contributed by atoms with Crippen LogP contribution < -0.4 is 11.2 Å². The van der Waals surface area contributed by atoms with Crippen LogP contribution in [0.4, 0.5) is 0 Å². The van der Waals surface area contributed by atoms with Crippen molar-refractivity contribution in [2.24, 2.45) is 14.1 Å². The summed E-state index contributed by atoms with van der Waals surface area (Å²) in [6.07, 6.45) is 0. The first-order valence-electron chi connectivity index (χ1n) is 9.59. The van der Waals surface area contributed by atoms with E-state index in [9.17, 15) is 9.59 Å². The number of rotatable bonds is 4. The Labute approximate surface area is 178 Å². The van der Waals surface area contributed by atoms with Crippen LogP contribution in [0.3, 0.4) is 0 Å². The van der Waals surface area contributed by atoms with Crippen molar-refractivity contribution in [3.8, 4) is 11.4 Å². The Balaban J connectivity index is 1.95. The molecule has 0 N–H and O–H groups in total. The lowest BCUT2D eigenvalue weighted by molar-refractivity contribution is 0.703. The van der Waals surface area contributed by atoms with Gasteiger partial charge >= 0.3 is 5.69 Å². The summed E-state index contributed by atoms with van der Waals surface area (Å²) in [5.74, 6) is 1.17. The Morgan fingerprint density at radius 3 is 2.43 bits per heavy atom. The molecule has 2 aromatic heterocycles. The molecule has 7 heteroatoms. The maximum Gasteiger partial charge on any atom is 0.332 e. The lowest BCUT2D eigenvalue weighted by Crippen LogP contribution is -2.37. The van der Waals surface area contributed by atoms with Gasteiger partial charge in [-0.05, 0) is 25.0 Å². The van der Waals surface area contributed by atoms with Gasteiger partial charge in [-0.3, -0.25) is 13.9 Å². The molecule has 0 aliphatic heterocycles. The molecule has 30 heavy (non-hydrogen) atoms. The molecule has 0 amide bonds. The van der Waals surface area contributed by atoms with Crippen LogP contribution in [-0.2, 0) is 19.8 Å². The molecular formula is C23H22N4O2S. The minimum atomic E-state index is -0.406. The monoisotopic (exact) mass is 418 g/mol. The molecule has 0 aliphatic carbocycles. The lowest BCUT2D eigenvalue weighted by Gasteiger charge is -2.13. The van der Waals surface area contributed by atoms with Gasteiger partial charge in [0.1, 0.15) is 10.4 Å². The van der Waals surface area contributed by atoms with E-state index >= 15 is 0 Å². The van der Waals surface area contributed by atoms with Crippen LogP contribution in [0.15, 0.2) is 63.1 Å². The molecule has 0 spiro atoms. The number of fused-ring (bicyclic) bond motifs is 1. The normalized spacial score (nSPS) is 11.2. The third kappa shape index (κ3) is 3.57. The molecule has 6 nitrogen and oxygen atoms in total. The predicted octanol–water partition coefficient (Wildman–Crippen LogP) is 3.60. The highest BCUT2D eigenvalue weighted by atomic mass is 32.2. The Morgan fingerprint density at radius 2 is 1.70 bits per heavy atom. The molecule has 0 aliphatic rings. The molecule has 0 saturated heterocycles. The molecule has 4 aromatic rings. The Bertz CT molecular complexity index is 1390. The molecule has 2 heterocycles. The van der Waals surface area contributed by atoms with E-state index in [2.05, 4.69) is 30.1 Å². The van der Waals surface area contributed by atoms with E-state index in [-0.39, 0.29) is 5.56 Å². The van der Waals surface area contributed by atoms with Crippen LogP contribution in [0.5, 0.6) is 0 Å². The first-order valence-corrected chi connectivity index (χ1v) is 10.6. The highest BCUT2D eigenvalue weighted by Gasteiger charge is 2.18. The average molecular weight is 419 g/mol. The maximum absolute atomic E-state index is 13.0. The summed E-state index contributed by atoms with van der Waals surface area (Å²) >= 11 is 1.48. The van der Waals surface area contributed by atoms with E-state index in [1.54, 1.807) is 7.05 Å². The van der Waals surface area contributed by atoms with E-state index in [0.717, 1.165) is 21.3 Å². The van der Waals surface area contributed by atoms with Gasteiger partial charge in [0, 0.05) is 25.4 Å². The summed E-state index contributed by atoms with van der Waals surface area (Å²) in [7, 11) is 3.11. The number of thioether (sulfide) groups is 1. The van der Waals surface area contributed by atoms with Gasteiger partial charge < -0.3 is 0 Å². The second-order valence-corrected chi connectivity index (χ2v) is 8.31. The maximum atomic E-state index is 13.0. The van der Waals surface area contributed by atoms with Crippen molar-refractivity contribution in [2.45, 2.75) is 24.6 Å². The molecule has 0 unspecified atom stereocenters. The standard InChI is InChI=1S/C23H22N4O2S/c1-14-8-7-10-16(12-14)13-30-21-18-20(26(3)23(29)27(4)22(18)28)24-19(25-21)17-11-6-5-9-15(17)2/h5-12H,13H2,1-4H3. The molecule has 152 valence electrons. The van der Waals surface area contributed by atoms with Crippen LogP contribution in [-0.4, -0.2) is 19.1 Å². The second-order valence-electron chi connectivity index (χ2n) is 7.35. The first-order chi connectivity index (χ1) is 14.4. The van der Waals surface area contributed by atoms with Crippen LogP contribution in [0.2, 0.25) is 0 Å². The summed E-state index contributed by atoms with van der Waals surface area (Å²) in [6.45, 7) is 4.04. The van der Waals surface area contributed by atoms with Crippen LogP contribution in [0, 0.1) is 13.8 Å². The van der Waals surface area contributed by atoms with Gasteiger partial charge in [0.05, 0.1) is 0 Å². The van der Waals surface area contributed by atoms with Crippen molar-refractivity contribution in [3.05, 3.63) is 86.1 Å². The SMILES string of the molecule is Cc1cccc(CSc2nc(-c3ccccc3C)nc3c2c(=O)n(C)c(=O)n3C)c1. The minimum absolute atomic E-state index is 0.350. The predicted molar refractivity (Wildman–Crippen MR) is 121 cm³/mol. The summed E-state index contributed by atoms with van der Waals surface area (Å²) in [4.78, 5) is 34.9. The van der Waals surface area contributed by atoms with Gasteiger partial charge in [0.15, 0.2) is 11.5 Å². The highest BCUT2D eigenvalue weighted by molar-refractivity contribution is 7.98. The van der Waals surface area contributed by atoms with E-state index in [4.69, 9.17) is 4.98 Å². The van der Waals surface area contributed by atoms with Crippen molar-refractivity contribution in [2.75, 3.05) is 0 Å². The fraction of sp³-hybridized carbons (Fsp3) is 0.217. The average Bonchev–Trinajstić information content (AvgIpc) is 2.74. The number of aryl methyl sites for hydroxylation is 3. The van der Waals surface area contributed by atoms with E-state index < -0.39 is 5.69 Å². The Kier molecular flexibility index (Phi) is 5.30. The third-order valence-corrected chi connectivity index (χ3v) is 6.16. The van der Waals surface area contributed by atoms with Crippen molar-refractivity contribution >= 4 is 22.8 Å². The fourth-order valence-corrected chi connectivity index (χ4v) is 4.39. The third-order valence-electron chi connectivity index (χ3n) is 5.11. The van der Waals surface area contributed by atoms with Crippen molar-refractivity contribution in [1.29, 1.82) is 0 Å². The molecular weight excluding hydrogens is 396 g/mol. The number of aromatic nitrogens is 4. The molecule has 0 fully saturated rings. The highest BCUT2D eigenvalue weighted by Crippen LogP contribution is 2.29. The zero-order valence-electron chi connectivity index (χ0n) is 17.3. The summed E-state index contributed by atoms with van der Waals surface area (Å²) in [5.41, 5.74) is 3.80. The molecule has 2 aromatic carbocycles. The quantitative estimate of drug-likeness (QED) is 0.374. The number of nitrogens with zero attached hydrogens (tertiary/aromatic N) is 4. The number of hydrogen-bond acceptors (Lipinski definition) is 5. The molecule has 4 rings (SSSR count). The van der Waals surface area contributed by atoms with E-state index in [0.29, 0.717) is 27.6 Å². The van der Waals surface area contributed by atoms with Gasteiger partial charge in [-0.15, -0.1) is 11.8 Å². The van der Waals surface area contributed by atoms with Crippen molar-refractivity contribution in [1.82, 2.24) is 19.1 Å². The molecule has 0 bridgehead atoms. The topological polar surface area (TPSA) is 69.8 Å². The first kappa shape index (κ1) is 20.1. The Morgan fingerprint density at radius 1 is 0.933 bits per heavy atom. The van der Waals surface area contributed by atoms with Gasteiger partial charge in [0.25, 0.3) is 5.56 Å². The van der Waals surface area contributed by atoms with Crippen molar-refractivity contribution in [3.63, 3.8) is 0 Å². The largest absolute Gasteiger partial charge is 0.332 e. The minimum Gasteiger partial charge on any atom is -0.280 e. The number of hydrogen-bond donors (Lipinski definition) is 0. The number of benzene rings is 2. The van der Waals surface area contributed by atoms with Crippen molar-refractivity contribution < 1.29 is 0 Å². The van der Waals surface area contributed by atoms with E-state index in [1.165, 1.54) is 28.9 Å². The summed E-state index contributed by atoms with van der Waals surface area (Å²) in [5, 5.41) is 0.950. The lowest BCUT2D eigenvalue weighted by atomic mass is 10.1. The molecule has 0 saturated carbocycles. The van der Waals surface area contributed by atoms with Crippen LogP contribution in [0.1, 0.15) is 16.7 Å². The molecule has 0 radical (unpaired) electrons. The smallest absolute Gasteiger partial charge is 0.280 e. The second kappa shape index (κ2) is 7.91. The van der Waals surface area contributed by atoms with Gasteiger partial charge in [-0.25, -0.2) is 14.8 Å².